The van der Waals surface area contributed by atoms with Gasteiger partial charge in [-0.3, -0.25) is 0 Å². The van der Waals surface area contributed by atoms with Crippen LogP contribution in [0.5, 0.6) is 0 Å². The molecule has 2 rings (SSSR count). The maximum absolute atomic E-state index is 3.54. The number of hydrogen-bond donors (Lipinski definition) is 0. The van der Waals surface area contributed by atoms with Gasteiger partial charge < -0.3 is 17.0 Å². The van der Waals surface area contributed by atoms with Crippen LogP contribution in [0.1, 0.15) is 6.42 Å². The van der Waals surface area contributed by atoms with Crippen molar-refractivity contribution >= 4 is 31.9 Å². The molecule has 2 aromatic heterocycles. The van der Waals surface area contributed by atoms with Gasteiger partial charge in [0.25, 0.3) is 0 Å². The zero-order valence-electron chi connectivity index (χ0n) is 9.77. The lowest BCUT2D eigenvalue weighted by atomic mass is 10.3. The molecule has 0 N–H and O–H groups in total. The summed E-state index contributed by atoms with van der Waals surface area (Å²) in [6.45, 7) is 2.02. The van der Waals surface area contributed by atoms with Gasteiger partial charge in [0.2, 0.25) is 9.21 Å². The lowest BCUT2D eigenvalue weighted by Gasteiger charge is -1.99. The molecule has 0 aliphatic rings. The Morgan fingerprint density at radius 3 is 1.61 bits per heavy atom. The minimum atomic E-state index is 0. The maximum atomic E-state index is 3.54. The molecule has 0 atom stereocenters. The van der Waals surface area contributed by atoms with Crippen molar-refractivity contribution in [3.63, 3.8) is 0 Å². The van der Waals surface area contributed by atoms with Crippen molar-refractivity contribution in [3.8, 4) is 0 Å². The van der Waals surface area contributed by atoms with Crippen LogP contribution in [-0.4, -0.2) is 0 Å². The van der Waals surface area contributed by atoms with Gasteiger partial charge in [0, 0.05) is 56.1 Å². The first-order chi connectivity index (χ1) is 8.27. The van der Waals surface area contributed by atoms with Crippen LogP contribution < -0.4 is 26.1 Å². The van der Waals surface area contributed by atoms with E-state index in [1.807, 2.05) is 12.1 Å². The Hall–Kier alpha value is -0.260. The summed E-state index contributed by atoms with van der Waals surface area (Å²) in [5.74, 6) is 0. The summed E-state index contributed by atoms with van der Waals surface area (Å²) >= 11 is 7.09. The van der Waals surface area contributed by atoms with Crippen molar-refractivity contribution in [2.45, 2.75) is 19.5 Å². The molecular weight excluding hydrogens is 424 g/mol. The number of hydrogen-bond acceptors (Lipinski definition) is 0. The van der Waals surface area contributed by atoms with Gasteiger partial charge >= 0.3 is 0 Å². The van der Waals surface area contributed by atoms with Crippen LogP contribution in [0.2, 0.25) is 0 Å². The van der Waals surface area contributed by atoms with Crippen LogP contribution in [0.4, 0.5) is 0 Å². The van der Waals surface area contributed by atoms with Gasteiger partial charge in [0.15, 0.2) is 25.5 Å². The number of pyridine rings is 2. The summed E-state index contributed by atoms with van der Waals surface area (Å²) in [5, 5.41) is 0. The van der Waals surface area contributed by atoms with E-state index in [1.165, 1.54) is 0 Å². The van der Waals surface area contributed by atoms with Crippen molar-refractivity contribution in [2.75, 3.05) is 0 Å². The van der Waals surface area contributed by atoms with E-state index in [-0.39, 0.29) is 17.0 Å². The van der Waals surface area contributed by atoms with Crippen LogP contribution in [-0.2, 0) is 13.1 Å². The highest BCUT2D eigenvalue weighted by atomic mass is 79.9. The Kier molecular flexibility index (Phi) is 7.04. The molecule has 0 aromatic carbocycles. The molecule has 0 fully saturated rings. The van der Waals surface area contributed by atoms with Crippen LogP contribution in [0.25, 0.3) is 0 Å². The number of rotatable bonds is 4. The van der Waals surface area contributed by atoms with E-state index in [0.29, 0.717) is 0 Å². The van der Waals surface area contributed by atoms with E-state index in [1.54, 1.807) is 0 Å². The Labute approximate surface area is 135 Å². The molecule has 0 spiro atoms. The van der Waals surface area contributed by atoms with E-state index in [9.17, 15) is 0 Å². The molecule has 0 aliphatic heterocycles. The smallest absolute Gasteiger partial charge is 0.247 e. The normalized spacial score (nSPS) is 9.89. The van der Waals surface area contributed by atoms with Crippen molar-refractivity contribution in [3.05, 3.63) is 58.0 Å². The summed E-state index contributed by atoms with van der Waals surface area (Å²) < 4.78 is 6.66. The predicted octanol–water partition coefficient (Wildman–Crippen LogP) is -0.119. The molecule has 0 saturated carbocycles. The summed E-state index contributed by atoms with van der Waals surface area (Å²) in [6, 6.07) is 12.3. The minimum Gasteiger partial charge on any atom is -1.00 e. The number of halogens is 3. The van der Waals surface area contributed by atoms with Gasteiger partial charge in [0.1, 0.15) is 0 Å². The molecule has 0 unspecified atom stereocenters. The van der Waals surface area contributed by atoms with E-state index in [0.717, 1.165) is 28.7 Å². The fourth-order valence-electron chi connectivity index (χ4n) is 1.69. The second-order valence-electron chi connectivity index (χ2n) is 3.79. The molecule has 0 bridgehead atoms. The number of aromatic nitrogens is 2. The fourth-order valence-corrected chi connectivity index (χ4v) is 2.58. The fraction of sp³-hybridized carbons (Fsp3) is 0.231. The third-order valence-electron chi connectivity index (χ3n) is 2.57. The van der Waals surface area contributed by atoms with Crippen LogP contribution in [0.15, 0.2) is 58.0 Å². The molecule has 0 aliphatic carbocycles. The van der Waals surface area contributed by atoms with Crippen molar-refractivity contribution < 1.29 is 26.1 Å². The molecule has 0 radical (unpaired) electrons. The van der Waals surface area contributed by atoms with E-state index in [2.05, 4.69) is 77.7 Å². The van der Waals surface area contributed by atoms with Gasteiger partial charge in [-0.15, -0.1) is 0 Å². The van der Waals surface area contributed by atoms with Gasteiger partial charge in [-0.1, -0.05) is 0 Å². The predicted molar refractivity (Wildman–Crippen MR) is 73.3 cm³/mol. The highest BCUT2D eigenvalue weighted by Crippen LogP contribution is 2.02. The van der Waals surface area contributed by atoms with Crippen LogP contribution in [0, 0.1) is 0 Å². The Morgan fingerprint density at radius 2 is 1.22 bits per heavy atom. The van der Waals surface area contributed by atoms with Crippen molar-refractivity contribution in [1.29, 1.82) is 0 Å². The molecular formula is C13H14Br3N2+. The highest BCUT2D eigenvalue weighted by molar-refractivity contribution is 9.10. The summed E-state index contributed by atoms with van der Waals surface area (Å²) in [4.78, 5) is 0. The molecule has 2 aromatic rings. The van der Waals surface area contributed by atoms with Crippen LogP contribution >= 0.6 is 31.9 Å². The first-order valence-corrected chi connectivity index (χ1v) is 7.14. The first-order valence-electron chi connectivity index (χ1n) is 5.55. The summed E-state index contributed by atoms with van der Waals surface area (Å²) in [6.07, 6.45) is 5.28. The third-order valence-corrected chi connectivity index (χ3v) is 4.01. The second-order valence-corrected chi connectivity index (χ2v) is 5.41. The lowest BCUT2D eigenvalue weighted by molar-refractivity contribution is -0.737. The molecule has 96 valence electrons. The van der Waals surface area contributed by atoms with Gasteiger partial charge in [-0.25, -0.2) is 0 Å². The topological polar surface area (TPSA) is 7.76 Å². The number of aryl methyl sites for hydroxylation is 2. The van der Waals surface area contributed by atoms with E-state index < -0.39 is 0 Å². The Bertz CT molecular complexity index is 458. The van der Waals surface area contributed by atoms with E-state index in [4.69, 9.17) is 0 Å². The Balaban J connectivity index is 0.00000162. The Morgan fingerprint density at radius 1 is 0.778 bits per heavy atom. The van der Waals surface area contributed by atoms with E-state index >= 15 is 0 Å². The molecule has 0 amide bonds. The van der Waals surface area contributed by atoms with Crippen molar-refractivity contribution in [1.82, 2.24) is 0 Å². The second kappa shape index (κ2) is 8.02. The van der Waals surface area contributed by atoms with Gasteiger partial charge in [0.05, 0.1) is 6.42 Å². The largest absolute Gasteiger partial charge is 1.00 e. The average molecular weight is 438 g/mol. The van der Waals surface area contributed by atoms with Gasteiger partial charge in [-0.05, 0) is 12.1 Å². The zero-order valence-corrected chi connectivity index (χ0v) is 14.5. The summed E-state index contributed by atoms with van der Waals surface area (Å²) in [7, 11) is 0. The minimum absolute atomic E-state index is 0. The molecule has 18 heavy (non-hydrogen) atoms. The quantitative estimate of drug-likeness (QED) is 0.465. The van der Waals surface area contributed by atoms with Crippen molar-refractivity contribution in [2.24, 2.45) is 0 Å². The lowest BCUT2D eigenvalue weighted by Crippen LogP contribution is -3.00. The highest BCUT2D eigenvalue weighted by Gasteiger charge is 2.09. The maximum Gasteiger partial charge on any atom is 0.247 e. The SMILES string of the molecule is Brc1cccc[n+]1CCC[n+]1ccccc1Br.[Br-]. The van der Waals surface area contributed by atoms with Crippen LogP contribution in [0.3, 0.4) is 0 Å². The summed E-state index contributed by atoms with van der Waals surface area (Å²) in [5.41, 5.74) is 0. The number of nitrogens with zero attached hydrogens (tertiary/aromatic N) is 2. The molecule has 5 heteroatoms. The van der Waals surface area contributed by atoms with Gasteiger partial charge in [-0.2, -0.15) is 9.13 Å². The molecule has 2 nitrogen and oxygen atoms in total. The molecule has 0 saturated heterocycles. The first kappa shape index (κ1) is 15.8. The monoisotopic (exact) mass is 435 g/mol. The third kappa shape index (κ3) is 4.44. The molecule has 2 heterocycles. The average Bonchev–Trinajstić information content (AvgIpc) is 2.34. The zero-order chi connectivity index (χ0) is 12.1. The standard InChI is InChI=1S/C13H14Br2N2.BrH/c14-12-6-1-3-8-16(12)10-5-11-17-9-4-2-7-13(17)15;/h1-4,6-9H,5,10-11H2;1H/q+2;/p-1.